The third kappa shape index (κ3) is 4.76. The first-order valence-electron chi connectivity index (χ1n) is 6.23. The number of rotatable bonds is 7. The zero-order valence-electron chi connectivity index (χ0n) is 11.5. The summed E-state index contributed by atoms with van der Waals surface area (Å²) in [5.41, 5.74) is 0.114. The molecule has 0 aliphatic heterocycles. The Hall–Kier alpha value is -1.70. The van der Waals surface area contributed by atoms with Crippen LogP contribution in [0.15, 0.2) is 18.2 Å². The minimum atomic E-state index is -0.882. The zero-order chi connectivity index (χ0) is 15.3. The molecule has 0 aliphatic rings. The lowest BCUT2D eigenvalue weighted by Gasteiger charge is -2.24. The Morgan fingerprint density at radius 2 is 2.10 bits per heavy atom. The fraction of sp³-hybridized carbons (Fsp3) is 0.538. The van der Waals surface area contributed by atoms with Gasteiger partial charge >= 0.3 is 0 Å². The van der Waals surface area contributed by atoms with Crippen molar-refractivity contribution in [2.24, 2.45) is 0 Å². The molecule has 7 heteroatoms. The molecule has 1 aromatic rings. The van der Waals surface area contributed by atoms with Crippen molar-refractivity contribution in [3.05, 3.63) is 39.4 Å². The monoisotopic (exact) mass is 284 g/mol. The Kier molecular flexibility index (Phi) is 5.43. The molecule has 0 aliphatic carbocycles. The van der Waals surface area contributed by atoms with E-state index in [9.17, 15) is 20.3 Å². The van der Waals surface area contributed by atoms with Crippen LogP contribution >= 0.6 is 0 Å². The highest BCUT2D eigenvalue weighted by Crippen LogP contribution is 2.22. The number of aromatic hydroxyl groups is 1. The molecule has 0 spiro atoms. The van der Waals surface area contributed by atoms with Crippen molar-refractivity contribution in [3.8, 4) is 5.75 Å². The van der Waals surface area contributed by atoms with Crippen LogP contribution in [0.5, 0.6) is 5.75 Å². The average molecular weight is 284 g/mol. The Morgan fingerprint density at radius 3 is 2.65 bits per heavy atom. The molecule has 0 heterocycles. The second-order valence-corrected chi connectivity index (χ2v) is 5.32. The highest BCUT2D eigenvalue weighted by atomic mass is 16.6. The van der Waals surface area contributed by atoms with E-state index in [1.165, 1.54) is 12.1 Å². The summed E-state index contributed by atoms with van der Waals surface area (Å²) in [6.45, 7) is 2.91. The van der Waals surface area contributed by atoms with Crippen LogP contribution in [-0.2, 0) is 6.61 Å². The number of β-amino-alcohol motifs (C(OH)–C–C–N with tert-alkyl or cyclic N) is 1. The number of benzene rings is 1. The largest absolute Gasteiger partial charge is 0.508 e. The van der Waals surface area contributed by atoms with Crippen molar-refractivity contribution < 1.29 is 20.2 Å². The first-order valence-corrected chi connectivity index (χ1v) is 6.23. The fourth-order valence-corrected chi connectivity index (χ4v) is 1.81. The number of aliphatic hydroxyl groups excluding tert-OH is 2. The number of nitro groups is 1. The number of hydrogen-bond donors (Lipinski definition) is 4. The minimum absolute atomic E-state index is 0.0370. The van der Waals surface area contributed by atoms with Crippen molar-refractivity contribution in [2.45, 2.75) is 32.1 Å². The van der Waals surface area contributed by atoms with E-state index < -0.39 is 16.6 Å². The number of aliphatic hydroxyl groups is 2. The van der Waals surface area contributed by atoms with Gasteiger partial charge in [-0.15, -0.1) is 0 Å². The van der Waals surface area contributed by atoms with Gasteiger partial charge in [-0.25, -0.2) is 0 Å². The summed E-state index contributed by atoms with van der Waals surface area (Å²) in [6, 6.07) is 4.44. The van der Waals surface area contributed by atoms with Gasteiger partial charge in [0.1, 0.15) is 5.75 Å². The fourth-order valence-electron chi connectivity index (χ4n) is 1.81. The summed E-state index contributed by atoms with van der Waals surface area (Å²) in [7, 11) is 0. The molecule has 0 radical (unpaired) electrons. The SMILES string of the molecule is CC(C)(C[N+](=O)[O-])NCC(O)c1ccc(O)c(CO)c1. The van der Waals surface area contributed by atoms with E-state index in [-0.39, 0.29) is 25.4 Å². The Balaban J connectivity index is 2.67. The van der Waals surface area contributed by atoms with Crippen LogP contribution in [0.25, 0.3) is 0 Å². The first kappa shape index (κ1) is 16.4. The van der Waals surface area contributed by atoms with Crippen LogP contribution < -0.4 is 5.32 Å². The predicted octanol–water partition coefficient (Wildman–Crippen LogP) is 0.563. The van der Waals surface area contributed by atoms with Crippen LogP contribution in [0.1, 0.15) is 31.1 Å². The Labute approximate surface area is 117 Å². The van der Waals surface area contributed by atoms with E-state index in [0.717, 1.165) is 0 Å². The maximum atomic E-state index is 10.5. The van der Waals surface area contributed by atoms with E-state index in [1.54, 1.807) is 19.9 Å². The van der Waals surface area contributed by atoms with Gasteiger partial charge in [0.2, 0.25) is 6.54 Å². The second kappa shape index (κ2) is 6.65. The van der Waals surface area contributed by atoms with Gasteiger partial charge in [-0.05, 0) is 31.5 Å². The number of phenols is 1. The molecule has 0 fully saturated rings. The molecule has 0 amide bonds. The van der Waals surface area contributed by atoms with Crippen molar-refractivity contribution >= 4 is 0 Å². The quantitative estimate of drug-likeness (QED) is 0.429. The molecule has 1 rings (SSSR count). The smallest absolute Gasteiger partial charge is 0.221 e. The van der Waals surface area contributed by atoms with Gasteiger partial charge < -0.3 is 20.6 Å². The minimum Gasteiger partial charge on any atom is -0.508 e. The molecule has 0 aromatic heterocycles. The topological polar surface area (TPSA) is 116 Å². The number of nitrogens with one attached hydrogen (secondary N) is 1. The van der Waals surface area contributed by atoms with Crippen LogP contribution in [0.2, 0.25) is 0 Å². The standard InChI is InChI=1S/C13H20N2O5/c1-13(2,8-15(19)20)14-6-12(18)9-3-4-11(17)10(5-9)7-16/h3-5,12,14,16-18H,6-8H2,1-2H3. The predicted molar refractivity (Wildman–Crippen MR) is 72.9 cm³/mol. The summed E-state index contributed by atoms with van der Waals surface area (Å²) in [5.74, 6) is -0.0370. The molecular weight excluding hydrogens is 264 g/mol. The summed E-state index contributed by atoms with van der Waals surface area (Å²) in [5, 5.41) is 41.9. The van der Waals surface area contributed by atoms with Crippen molar-refractivity contribution in [3.63, 3.8) is 0 Å². The Bertz CT molecular complexity index is 476. The van der Waals surface area contributed by atoms with E-state index in [0.29, 0.717) is 11.1 Å². The van der Waals surface area contributed by atoms with Gasteiger partial charge in [-0.3, -0.25) is 10.1 Å². The highest BCUT2D eigenvalue weighted by molar-refractivity contribution is 5.36. The van der Waals surface area contributed by atoms with E-state index in [1.807, 2.05) is 0 Å². The lowest BCUT2D eigenvalue weighted by molar-refractivity contribution is -0.489. The van der Waals surface area contributed by atoms with Gasteiger partial charge in [0.05, 0.1) is 18.2 Å². The van der Waals surface area contributed by atoms with Crippen LogP contribution in [0.3, 0.4) is 0 Å². The highest BCUT2D eigenvalue weighted by Gasteiger charge is 2.25. The third-order valence-electron chi connectivity index (χ3n) is 2.96. The molecule has 4 N–H and O–H groups in total. The lowest BCUT2D eigenvalue weighted by atomic mass is 10.0. The zero-order valence-corrected chi connectivity index (χ0v) is 11.5. The molecule has 0 saturated heterocycles. The third-order valence-corrected chi connectivity index (χ3v) is 2.96. The maximum absolute atomic E-state index is 10.5. The normalized spacial score (nSPS) is 13.2. The van der Waals surface area contributed by atoms with E-state index in [4.69, 9.17) is 5.11 Å². The first-order chi connectivity index (χ1) is 9.25. The molecule has 7 nitrogen and oxygen atoms in total. The molecular formula is C13H20N2O5. The maximum Gasteiger partial charge on any atom is 0.221 e. The number of hydrogen-bond acceptors (Lipinski definition) is 6. The molecule has 20 heavy (non-hydrogen) atoms. The second-order valence-electron chi connectivity index (χ2n) is 5.32. The van der Waals surface area contributed by atoms with Gasteiger partial charge in [-0.2, -0.15) is 0 Å². The van der Waals surface area contributed by atoms with E-state index in [2.05, 4.69) is 5.32 Å². The molecule has 0 saturated carbocycles. The molecule has 1 atom stereocenters. The van der Waals surface area contributed by atoms with Gasteiger partial charge in [0.15, 0.2) is 0 Å². The van der Waals surface area contributed by atoms with Crippen molar-refractivity contribution in [1.82, 2.24) is 5.32 Å². The van der Waals surface area contributed by atoms with Gasteiger partial charge in [-0.1, -0.05) is 6.07 Å². The van der Waals surface area contributed by atoms with Gasteiger partial charge in [0, 0.05) is 17.0 Å². The van der Waals surface area contributed by atoms with Crippen molar-refractivity contribution in [2.75, 3.05) is 13.1 Å². The summed E-state index contributed by atoms with van der Waals surface area (Å²) in [4.78, 5) is 10.1. The summed E-state index contributed by atoms with van der Waals surface area (Å²) >= 11 is 0. The number of nitrogens with zero attached hydrogens (tertiary/aromatic N) is 1. The van der Waals surface area contributed by atoms with Crippen molar-refractivity contribution in [1.29, 1.82) is 0 Å². The summed E-state index contributed by atoms with van der Waals surface area (Å²) < 4.78 is 0. The molecule has 112 valence electrons. The van der Waals surface area contributed by atoms with E-state index >= 15 is 0 Å². The Morgan fingerprint density at radius 1 is 1.45 bits per heavy atom. The molecule has 1 unspecified atom stereocenters. The molecule has 1 aromatic carbocycles. The van der Waals surface area contributed by atoms with Crippen LogP contribution in [0, 0.1) is 10.1 Å². The van der Waals surface area contributed by atoms with Gasteiger partial charge in [0.25, 0.3) is 0 Å². The summed E-state index contributed by atoms with van der Waals surface area (Å²) in [6.07, 6.45) is -0.882. The van der Waals surface area contributed by atoms with Crippen LogP contribution in [-0.4, -0.2) is 38.9 Å². The lowest BCUT2D eigenvalue weighted by Crippen LogP contribution is -2.46. The van der Waals surface area contributed by atoms with Crippen LogP contribution in [0.4, 0.5) is 0 Å². The average Bonchev–Trinajstić information content (AvgIpc) is 2.35. The molecule has 0 bridgehead atoms.